The predicted octanol–water partition coefficient (Wildman–Crippen LogP) is 4.68. The number of carbonyl (C=O) groups excluding carboxylic acids is 1. The standard InChI is InChI=1S/C24H25FN2O5/c25-22-12-11-18(15-26-22)24(30)27(17-20-8-6-14-31-20)16-19-7-3-4-9-21(19)32-13-5-1-2-10-23(28)29/h3-4,6-9,11-12,14-15H,1-2,5,10,13,16-17H2,(H,28,29). The van der Waals surface area contributed by atoms with Gasteiger partial charge in [-0.2, -0.15) is 4.39 Å². The van der Waals surface area contributed by atoms with Gasteiger partial charge in [0.05, 0.1) is 31.5 Å². The van der Waals surface area contributed by atoms with E-state index in [9.17, 15) is 14.0 Å². The Hall–Kier alpha value is -3.68. The van der Waals surface area contributed by atoms with Crippen molar-refractivity contribution in [2.75, 3.05) is 6.61 Å². The van der Waals surface area contributed by atoms with E-state index in [0.29, 0.717) is 24.5 Å². The molecule has 0 radical (unpaired) electrons. The van der Waals surface area contributed by atoms with Crippen LogP contribution >= 0.6 is 0 Å². The summed E-state index contributed by atoms with van der Waals surface area (Å²) in [5.41, 5.74) is 1.09. The van der Waals surface area contributed by atoms with Gasteiger partial charge in [-0.3, -0.25) is 9.59 Å². The number of carbonyl (C=O) groups is 2. The van der Waals surface area contributed by atoms with Crippen LogP contribution in [0.3, 0.4) is 0 Å². The molecule has 0 saturated carbocycles. The number of unbranched alkanes of at least 4 members (excludes halogenated alkanes) is 2. The summed E-state index contributed by atoms with van der Waals surface area (Å²) in [6.45, 7) is 0.934. The zero-order valence-electron chi connectivity index (χ0n) is 17.6. The van der Waals surface area contributed by atoms with Crippen molar-refractivity contribution < 1.29 is 28.2 Å². The van der Waals surface area contributed by atoms with Gasteiger partial charge < -0.3 is 19.2 Å². The number of benzene rings is 1. The number of hydrogen-bond donors (Lipinski definition) is 1. The quantitative estimate of drug-likeness (QED) is 0.325. The summed E-state index contributed by atoms with van der Waals surface area (Å²) in [7, 11) is 0. The Balaban J connectivity index is 1.69. The number of aromatic nitrogens is 1. The van der Waals surface area contributed by atoms with Crippen molar-refractivity contribution in [2.45, 2.75) is 38.8 Å². The van der Waals surface area contributed by atoms with E-state index in [1.165, 1.54) is 12.3 Å². The molecular weight excluding hydrogens is 415 g/mol. The van der Waals surface area contributed by atoms with Gasteiger partial charge in [-0.15, -0.1) is 0 Å². The van der Waals surface area contributed by atoms with Gasteiger partial charge in [0.15, 0.2) is 0 Å². The highest BCUT2D eigenvalue weighted by molar-refractivity contribution is 5.93. The minimum atomic E-state index is -0.797. The van der Waals surface area contributed by atoms with E-state index in [0.717, 1.165) is 24.5 Å². The molecular formula is C24H25FN2O5. The van der Waals surface area contributed by atoms with Gasteiger partial charge in [0, 0.05) is 18.2 Å². The highest BCUT2D eigenvalue weighted by Crippen LogP contribution is 2.23. The fourth-order valence-electron chi connectivity index (χ4n) is 3.19. The molecule has 3 aromatic rings. The number of hydrogen-bond acceptors (Lipinski definition) is 5. The summed E-state index contributed by atoms with van der Waals surface area (Å²) in [5.74, 6) is -0.488. The third-order valence-electron chi connectivity index (χ3n) is 4.81. The molecule has 1 aromatic carbocycles. The first-order valence-electron chi connectivity index (χ1n) is 10.4. The summed E-state index contributed by atoms with van der Waals surface area (Å²) >= 11 is 0. The lowest BCUT2D eigenvalue weighted by Crippen LogP contribution is -2.30. The number of para-hydroxylation sites is 1. The third-order valence-corrected chi connectivity index (χ3v) is 4.81. The van der Waals surface area contributed by atoms with Crippen LogP contribution in [0.2, 0.25) is 0 Å². The van der Waals surface area contributed by atoms with E-state index in [1.807, 2.05) is 24.3 Å². The summed E-state index contributed by atoms with van der Waals surface area (Å²) < 4.78 is 24.5. The van der Waals surface area contributed by atoms with Crippen LogP contribution in [0.15, 0.2) is 65.4 Å². The van der Waals surface area contributed by atoms with Crippen LogP contribution in [-0.4, -0.2) is 33.5 Å². The number of pyridine rings is 1. The van der Waals surface area contributed by atoms with Crippen molar-refractivity contribution >= 4 is 11.9 Å². The average molecular weight is 440 g/mol. The number of halogens is 1. The molecule has 0 fully saturated rings. The number of rotatable bonds is 12. The molecule has 8 heteroatoms. The topological polar surface area (TPSA) is 92.9 Å². The lowest BCUT2D eigenvalue weighted by atomic mass is 10.1. The minimum Gasteiger partial charge on any atom is -0.493 e. The Morgan fingerprint density at radius 3 is 2.59 bits per heavy atom. The highest BCUT2D eigenvalue weighted by atomic mass is 19.1. The van der Waals surface area contributed by atoms with Crippen molar-refractivity contribution in [3.05, 3.63) is 83.8 Å². The Morgan fingerprint density at radius 2 is 1.88 bits per heavy atom. The zero-order valence-corrected chi connectivity index (χ0v) is 17.6. The van der Waals surface area contributed by atoms with Crippen LogP contribution in [0, 0.1) is 5.95 Å². The van der Waals surface area contributed by atoms with Crippen molar-refractivity contribution in [1.29, 1.82) is 0 Å². The molecule has 168 valence electrons. The molecule has 3 rings (SSSR count). The van der Waals surface area contributed by atoms with Crippen LogP contribution in [0.1, 0.15) is 47.4 Å². The van der Waals surface area contributed by atoms with Crippen molar-refractivity contribution in [3.63, 3.8) is 0 Å². The molecule has 0 aliphatic heterocycles. The van der Waals surface area contributed by atoms with E-state index in [4.69, 9.17) is 14.3 Å². The van der Waals surface area contributed by atoms with Gasteiger partial charge in [-0.05, 0) is 49.6 Å². The highest BCUT2D eigenvalue weighted by Gasteiger charge is 2.20. The number of ether oxygens (including phenoxy) is 1. The molecule has 1 amide bonds. The van der Waals surface area contributed by atoms with Gasteiger partial charge in [0.2, 0.25) is 5.95 Å². The van der Waals surface area contributed by atoms with Crippen LogP contribution < -0.4 is 4.74 Å². The summed E-state index contributed by atoms with van der Waals surface area (Å²) in [5, 5.41) is 8.71. The molecule has 32 heavy (non-hydrogen) atoms. The SMILES string of the molecule is O=C(O)CCCCCOc1ccccc1CN(Cc1ccco1)C(=O)c1ccc(F)nc1. The molecule has 0 atom stereocenters. The normalized spacial score (nSPS) is 10.7. The van der Waals surface area contributed by atoms with Gasteiger partial charge in [-0.1, -0.05) is 18.2 Å². The maximum absolute atomic E-state index is 13.2. The van der Waals surface area contributed by atoms with Crippen molar-refractivity contribution in [1.82, 2.24) is 9.88 Å². The molecule has 2 heterocycles. The van der Waals surface area contributed by atoms with Gasteiger partial charge >= 0.3 is 5.97 Å². The molecule has 0 spiro atoms. The fourth-order valence-corrected chi connectivity index (χ4v) is 3.19. The number of carboxylic acid groups (broad SMARTS) is 1. The van der Waals surface area contributed by atoms with Crippen LogP contribution in [0.4, 0.5) is 4.39 Å². The molecule has 0 aliphatic carbocycles. The van der Waals surface area contributed by atoms with Crippen LogP contribution in [-0.2, 0) is 17.9 Å². The van der Waals surface area contributed by atoms with Gasteiger partial charge in [-0.25, -0.2) is 4.98 Å². The molecule has 0 unspecified atom stereocenters. The molecule has 1 N–H and O–H groups in total. The largest absolute Gasteiger partial charge is 0.493 e. The lowest BCUT2D eigenvalue weighted by molar-refractivity contribution is -0.137. The first-order valence-corrected chi connectivity index (χ1v) is 10.4. The molecule has 0 aliphatic rings. The van der Waals surface area contributed by atoms with Crippen LogP contribution in [0.25, 0.3) is 0 Å². The number of amides is 1. The van der Waals surface area contributed by atoms with E-state index in [1.54, 1.807) is 23.3 Å². The molecule has 0 saturated heterocycles. The second-order valence-electron chi connectivity index (χ2n) is 7.27. The Bertz CT molecular complexity index is 1010. The number of nitrogens with zero attached hydrogens (tertiary/aromatic N) is 2. The molecule has 2 aromatic heterocycles. The monoisotopic (exact) mass is 440 g/mol. The maximum Gasteiger partial charge on any atom is 0.303 e. The molecule has 7 nitrogen and oxygen atoms in total. The average Bonchev–Trinajstić information content (AvgIpc) is 3.30. The Labute approximate surface area is 185 Å². The van der Waals surface area contributed by atoms with Gasteiger partial charge in [0.1, 0.15) is 11.5 Å². The fraction of sp³-hybridized carbons (Fsp3) is 0.292. The summed E-state index contributed by atoms with van der Waals surface area (Å²) in [4.78, 5) is 28.9. The van der Waals surface area contributed by atoms with Crippen LogP contribution in [0.5, 0.6) is 5.75 Å². The van der Waals surface area contributed by atoms with Gasteiger partial charge in [0.25, 0.3) is 5.91 Å². The van der Waals surface area contributed by atoms with Crippen molar-refractivity contribution in [2.24, 2.45) is 0 Å². The Kier molecular flexibility index (Phi) is 8.36. The second-order valence-corrected chi connectivity index (χ2v) is 7.27. The first kappa shape index (κ1) is 23.0. The number of furan rings is 1. The smallest absolute Gasteiger partial charge is 0.303 e. The van der Waals surface area contributed by atoms with E-state index < -0.39 is 11.9 Å². The number of aliphatic carboxylic acids is 1. The maximum atomic E-state index is 13.2. The van der Waals surface area contributed by atoms with Crippen molar-refractivity contribution in [3.8, 4) is 5.75 Å². The van der Waals surface area contributed by atoms with E-state index in [-0.39, 0.29) is 31.0 Å². The summed E-state index contributed by atoms with van der Waals surface area (Å²) in [6.07, 6.45) is 5.01. The van der Waals surface area contributed by atoms with E-state index in [2.05, 4.69) is 4.98 Å². The first-order chi connectivity index (χ1) is 15.5. The molecule has 0 bridgehead atoms. The third kappa shape index (κ3) is 6.94. The second kappa shape index (κ2) is 11.6. The lowest BCUT2D eigenvalue weighted by Gasteiger charge is -2.23. The van der Waals surface area contributed by atoms with E-state index >= 15 is 0 Å². The number of carboxylic acids is 1. The zero-order chi connectivity index (χ0) is 22.8. The minimum absolute atomic E-state index is 0.151. The Morgan fingerprint density at radius 1 is 1.03 bits per heavy atom. The summed E-state index contributed by atoms with van der Waals surface area (Å²) in [6, 6.07) is 13.5. The predicted molar refractivity (Wildman–Crippen MR) is 115 cm³/mol.